The second kappa shape index (κ2) is 7.22. The van der Waals surface area contributed by atoms with E-state index in [4.69, 9.17) is 0 Å². The number of nitrogens with one attached hydrogen (secondary N) is 2. The van der Waals surface area contributed by atoms with Gasteiger partial charge in [0.15, 0.2) is 0 Å². The predicted molar refractivity (Wildman–Crippen MR) is 112 cm³/mol. The van der Waals surface area contributed by atoms with E-state index in [0.717, 1.165) is 40.8 Å². The maximum Gasteiger partial charge on any atom is 0.253 e. The lowest BCUT2D eigenvalue weighted by molar-refractivity contribution is -0.117. The number of carbonyl (C=O) groups excluding carboxylic acids is 2. The summed E-state index contributed by atoms with van der Waals surface area (Å²) in [4.78, 5) is 30.7. The molecule has 3 aromatic rings. The molecule has 150 valence electrons. The van der Waals surface area contributed by atoms with Crippen molar-refractivity contribution in [2.75, 3.05) is 12.4 Å². The fourth-order valence-electron chi connectivity index (χ4n) is 3.68. The molecule has 2 aliphatic rings. The first-order valence-electron chi connectivity index (χ1n) is 9.86. The Bertz CT molecular complexity index is 1180. The van der Waals surface area contributed by atoms with Gasteiger partial charge in [-0.25, -0.2) is 4.98 Å². The monoisotopic (exact) mass is 400 g/mol. The number of fused-ring (bicyclic) bond motifs is 1. The molecule has 1 aromatic carbocycles. The number of aromatic nitrogens is 4. The maximum atomic E-state index is 12.4. The Labute approximate surface area is 173 Å². The summed E-state index contributed by atoms with van der Waals surface area (Å²) >= 11 is 0. The lowest BCUT2D eigenvalue weighted by Gasteiger charge is -2.12. The number of rotatable bonds is 5. The van der Waals surface area contributed by atoms with Gasteiger partial charge in [-0.05, 0) is 47.8 Å². The van der Waals surface area contributed by atoms with E-state index in [2.05, 4.69) is 25.8 Å². The van der Waals surface area contributed by atoms with Gasteiger partial charge in [0.1, 0.15) is 5.82 Å². The third kappa shape index (κ3) is 3.26. The van der Waals surface area contributed by atoms with Crippen molar-refractivity contribution in [1.29, 1.82) is 0 Å². The summed E-state index contributed by atoms with van der Waals surface area (Å²) in [6, 6.07) is 7.91. The fraction of sp³-hybridized carbons (Fsp3) is 0.227. The van der Waals surface area contributed by atoms with Crippen LogP contribution in [0.5, 0.6) is 0 Å². The molecule has 2 aliphatic carbocycles. The van der Waals surface area contributed by atoms with Crippen molar-refractivity contribution in [1.82, 2.24) is 25.3 Å². The number of nitrogens with zero attached hydrogens (tertiary/aromatic N) is 4. The molecule has 2 amide bonds. The molecule has 30 heavy (non-hydrogen) atoms. The van der Waals surface area contributed by atoms with E-state index in [1.54, 1.807) is 24.2 Å². The van der Waals surface area contributed by atoms with Crippen molar-refractivity contribution in [3.63, 3.8) is 0 Å². The fourth-order valence-corrected chi connectivity index (χ4v) is 3.68. The molecule has 0 spiro atoms. The average Bonchev–Trinajstić information content (AvgIpc) is 3.29. The van der Waals surface area contributed by atoms with Crippen molar-refractivity contribution in [2.24, 2.45) is 5.92 Å². The van der Waals surface area contributed by atoms with Gasteiger partial charge >= 0.3 is 0 Å². The van der Waals surface area contributed by atoms with E-state index in [1.165, 1.54) is 6.20 Å². The van der Waals surface area contributed by atoms with Gasteiger partial charge in [-0.3, -0.25) is 9.59 Å². The Morgan fingerprint density at radius 3 is 2.70 bits per heavy atom. The minimum absolute atomic E-state index is 0.00223. The van der Waals surface area contributed by atoms with Crippen LogP contribution in [0.3, 0.4) is 0 Å². The van der Waals surface area contributed by atoms with Gasteiger partial charge < -0.3 is 10.6 Å². The summed E-state index contributed by atoms with van der Waals surface area (Å²) in [6.45, 7) is 0. The topological polar surface area (TPSA) is 102 Å². The third-order valence-electron chi connectivity index (χ3n) is 5.44. The van der Waals surface area contributed by atoms with Crippen molar-refractivity contribution in [2.45, 2.75) is 19.3 Å². The zero-order valence-electron chi connectivity index (χ0n) is 16.4. The summed E-state index contributed by atoms with van der Waals surface area (Å²) in [6.07, 6.45) is 9.21. The van der Waals surface area contributed by atoms with Gasteiger partial charge in [-0.2, -0.15) is 15.0 Å². The van der Waals surface area contributed by atoms with Crippen LogP contribution in [0.1, 0.15) is 39.9 Å². The van der Waals surface area contributed by atoms with Gasteiger partial charge in [0, 0.05) is 31.1 Å². The molecule has 8 heteroatoms. The van der Waals surface area contributed by atoms with Gasteiger partial charge in [-0.1, -0.05) is 12.1 Å². The molecule has 2 heterocycles. The molecule has 2 N–H and O–H groups in total. The Morgan fingerprint density at radius 1 is 1.17 bits per heavy atom. The SMILES string of the molecule is CNC(=O)c1cnc(NC(=O)C2CC2)c2c1C=C(c1cccc(-n3nccn3)c1)C2. The van der Waals surface area contributed by atoms with Crippen LogP contribution in [-0.4, -0.2) is 38.8 Å². The largest absolute Gasteiger partial charge is 0.355 e. The zero-order chi connectivity index (χ0) is 20.7. The summed E-state index contributed by atoms with van der Waals surface area (Å²) in [7, 11) is 1.59. The second-order valence-electron chi connectivity index (χ2n) is 7.47. The predicted octanol–water partition coefficient (Wildman–Crippen LogP) is 2.47. The van der Waals surface area contributed by atoms with Gasteiger partial charge in [-0.15, -0.1) is 0 Å². The van der Waals surface area contributed by atoms with Gasteiger partial charge in [0.05, 0.1) is 23.6 Å². The highest BCUT2D eigenvalue weighted by Gasteiger charge is 2.31. The highest BCUT2D eigenvalue weighted by Crippen LogP contribution is 2.38. The van der Waals surface area contributed by atoms with Crippen LogP contribution in [0.25, 0.3) is 17.3 Å². The molecule has 2 aromatic heterocycles. The number of carbonyl (C=O) groups is 2. The van der Waals surface area contributed by atoms with Crippen LogP contribution in [0.2, 0.25) is 0 Å². The molecule has 8 nitrogen and oxygen atoms in total. The highest BCUT2D eigenvalue weighted by molar-refractivity contribution is 6.04. The molecule has 1 saturated carbocycles. The van der Waals surface area contributed by atoms with Crippen LogP contribution < -0.4 is 10.6 Å². The molecule has 0 radical (unpaired) electrons. The van der Waals surface area contributed by atoms with Crippen molar-refractivity contribution < 1.29 is 9.59 Å². The second-order valence-corrected chi connectivity index (χ2v) is 7.47. The van der Waals surface area contributed by atoms with Crippen LogP contribution in [-0.2, 0) is 11.2 Å². The molecule has 0 atom stereocenters. The Kier molecular flexibility index (Phi) is 4.39. The maximum absolute atomic E-state index is 12.4. The Hall–Kier alpha value is -3.81. The number of anilines is 1. The zero-order valence-corrected chi connectivity index (χ0v) is 16.4. The quantitative estimate of drug-likeness (QED) is 0.685. The van der Waals surface area contributed by atoms with Gasteiger partial charge in [0.25, 0.3) is 5.91 Å². The summed E-state index contributed by atoms with van der Waals surface area (Å²) in [5.41, 5.74) is 5.05. The molecule has 0 unspecified atom stereocenters. The first kappa shape index (κ1) is 18.2. The van der Waals surface area contributed by atoms with Crippen LogP contribution in [0.4, 0.5) is 5.82 Å². The highest BCUT2D eigenvalue weighted by atomic mass is 16.2. The standard InChI is InChI=1S/C22H20N6O2/c1-23-22(30)19-12-24-20(27-21(29)13-5-6-13)18-11-15(10-17(18)19)14-3-2-4-16(9-14)28-25-7-8-26-28/h2-4,7-10,12-13H,5-6,11H2,1H3,(H,23,30)(H,24,27,29). The van der Waals surface area contributed by atoms with Crippen molar-refractivity contribution >= 4 is 29.3 Å². The first-order chi connectivity index (χ1) is 14.6. The molecule has 5 rings (SSSR count). The molecule has 0 aliphatic heterocycles. The number of amides is 2. The van der Waals surface area contributed by atoms with E-state index in [1.807, 2.05) is 30.3 Å². The minimum atomic E-state index is -0.203. The third-order valence-corrected chi connectivity index (χ3v) is 5.44. The minimum Gasteiger partial charge on any atom is -0.355 e. The van der Waals surface area contributed by atoms with E-state index in [9.17, 15) is 9.59 Å². The van der Waals surface area contributed by atoms with E-state index in [-0.39, 0.29) is 17.7 Å². The summed E-state index contributed by atoms with van der Waals surface area (Å²) in [5.74, 6) is 0.405. The number of pyridine rings is 1. The van der Waals surface area contributed by atoms with Crippen LogP contribution in [0.15, 0.2) is 42.9 Å². The van der Waals surface area contributed by atoms with Crippen LogP contribution in [0, 0.1) is 5.92 Å². The van der Waals surface area contributed by atoms with Crippen LogP contribution >= 0.6 is 0 Å². The van der Waals surface area contributed by atoms with E-state index in [0.29, 0.717) is 17.8 Å². The number of benzene rings is 1. The summed E-state index contributed by atoms with van der Waals surface area (Å²) in [5, 5.41) is 14.0. The Morgan fingerprint density at radius 2 is 1.97 bits per heavy atom. The lowest BCUT2D eigenvalue weighted by atomic mass is 10.0. The lowest BCUT2D eigenvalue weighted by Crippen LogP contribution is -2.21. The number of hydrogen-bond acceptors (Lipinski definition) is 5. The molecule has 0 saturated heterocycles. The summed E-state index contributed by atoms with van der Waals surface area (Å²) < 4.78 is 0. The average molecular weight is 400 g/mol. The first-order valence-corrected chi connectivity index (χ1v) is 9.86. The molecular weight excluding hydrogens is 380 g/mol. The Balaban J connectivity index is 1.53. The van der Waals surface area contributed by atoms with E-state index < -0.39 is 0 Å². The molecular formula is C22H20N6O2. The molecule has 0 bridgehead atoms. The number of hydrogen-bond donors (Lipinski definition) is 2. The molecule has 1 fully saturated rings. The van der Waals surface area contributed by atoms with Crippen molar-refractivity contribution in [3.05, 3.63) is 65.1 Å². The number of allylic oxidation sites excluding steroid dienone is 1. The normalized spacial score (nSPS) is 14.8. The van der Waals surface area contributed by atoms with Crippen molar-refractivity contribution in [3.8, 4) is 5.69 Å². The van der Waals surface area contributed by atoms with Gasteiger partial charge in [0.2, 0.25) is 5.91 Å². The smallest absolute Gasteiger partial charge is 0.253 e. The van der Waals surface area contributed by atoms with E-state index >= 15 is 0 Å².